The third-order valence-corrected chi connectivity index (χ3v) is 3.01. The first-order chi connectivity index (χ1) is 8.65. The third kappa shape index (κ3) is 1.62. The van der Waals surface area contributed by atoms with Crippen molar-refractivity contribution >= 4 is 11.8 Å². The number of anilines is 1. The van der Waals surface area contributed by atoms with E-state index in [-0.39, 0.29) is 17.4 Å². The summed E-state index contributed by atoms with van der Waals surface area (Å²) in [6.07, 6.45) is 1.32. The molecular formula is C12H10FN3O2. The lowest BCUT2D eigenvalue weighted by molar-refractivity contribution is 0.0698. The van der Waals surface area contributed by atoms with E-state index in [1.54, 1.807) is 16.8 Å². The second kappa shape index (κ2) is 3.83. The van der Waals surface area contributed by atoms with Gasteiger partial charge in [-0.3, -0.25) is 0 Å². The van der Waals surface area contributed by atoms with E-state index in [4.69, 9.17) is 5.11 Å². The Morgan fingerprint density at radius 2 is 2.17 bits per heavy atom. The molecule has 0 radical (unpaired) electrons. The minimum absolute atomic E-state index is 0.0765. The van der Waals surface area contributed by atoms with Gasteiger partial charge in [0.05, 0.1) is 18.8 Å². The molecule has 1 aromatic heterocycles. The van der Waals surface area contributed by atoms with E-state index in [0.29, 0.717) is 12.4 Å². The summed E-state index contributed by atoms with van der Waals surface area (Å²) >= 11 is 0. The third-order valence-electron chi connectivity index (χ3n) is 3.01. The first kappa shape index (κ1) is 10.8. The average molecular weight is 247 g/mol. The highest BCUT2D eigenvalue weighted by atomic mass is 19.1. The summed E-state index contributed by atoms with van der Waals surface area (Å²) in [6.45, 7) is 0.536. The number of carbonyl (C=O) groups is 1. The van der Waals surface area contributed by atoms with Crippen molar-refractivity contribution in [2.45, 2.75) is 12.6 Å². The predicted molar refractivity (Wildman–Crippen MR) is 62.0 cm³/mol. The zero-order valence-electron chi connectivity index (χ0n) is 9.30. The standard InChI is InChI=1S/C12H10FN3O2/c13-8-3-1-7(2-4-8)10-6-16-11(15-10)9(5-14-16)12(17)18/h1-5,10,15H,6H2,(H,17,18)/t10-/m1/s1. The van der Waals surface area contributed by atoms with Crippen molar-refractivity contribution in [2.24, 2.45) is 0 Å². The molecule has 18 heavy (non-hydrogen) atoms. The van der Waals surface area contributed by atoms with Crippen LogP contribution in [-0.4, -0.2) is 20.9 Å². The fraction of sp³-hybridized carbons (Fsp3) is 0.167. The number of benzene rings is 1. The van der Waals surface area contributed by atoms with Gasteiger partial charge in [-0.1, -0.05) is 12.1 Å². The molecule has 3 rings (SSSR count). The van der Waals surface area contributed by atoms with Crippen LogP contribution in [-0.2, 0) is 6.54 Å². The Kier molecular flexibility index (Phi) is 2.29. The molecule has 0 saturated carbocycles. The number of rotatable bonds is 2. The van der Waals surface area contributed by atoms with Crippen LogP contribution in [0.5, 0.6) is 0 Å². The quantitative estimate of drug-likeness (QED) is 0.850. The van der Waals surface area contributed by atoms with Gasteiger partial charge < -0.3 is 10.4 Å². The van der Waals surface area contributed by atoms with E-state index in [2.05, 4.69) is 10.4 Å². The van der Waals surface area contributed by atoms with E-state index in [0.717, 1.165) is 5.56 Å². The SMILES string of the molecule is O=C(O)c1cnn2c1N[C@@H](c1ccc(F)cc1)C2. The van der Waals surface area contributed by atoms with Gasteiger partial charge in [0.25, 0.3) is 0 Å². The maximum absolute atomic E-state index is 12.8. The number of halogens is 1. The van der Waals surface area contributed by atoms with Gasteiger partial charge in [0, 0.05) is 0 Å². The molecule has 0 fully saturated rings. The van der Waals surface area contributed by atoms with Gasteiger partial charge in [-0.2, -0.15) is 5.10 Å². The Hall–Kier alpha value is -2.37. The van der Waals surface area contributed by atoms with Crippen molar-refractivity contribution in [1.82, 2.24) is 9.78 Å². The highest BCUT2D eigenvalue weighted by molar-refractivity contribution is 5.93. The lowest BCUT2D eigenvalue weighted by Crippen LogP contribution is -2.08. The van der Waals surface area contributed by atoms with Crippen LogP contribution >= 0.6 is 0 Å². The number of hydrogen-bond acceptors (Lipinski definition) is 3. The predicted octanol–water partition coefficient (Wildman–Crippen LogP) is 1.89. The minimum Gasteiger partial charge on any atom is -0.477 e. The van der Waals surface area contributed by atoms with Crippen LogP contribution in [0.25, 0.3) is 0 Å². The molecule has 1 atom stereocenters. The van der Waals surface area contributed by atoms with E-state index in [9.17, 15) is 9.18 Å². The van der Waals surface area contributed by atoms with Crippen molar-refractivity contribution < 1.29 is 14.3 Å². The van der Waals surface area contributed by atoms with E-state index in [1.165, 1.54) is 18.3 Å². The normalized spacial score (nSPS) is 17.3. The molecule has 0 unspecified atom stereocenters. The van der Waals surface area contributed by atoms with Gasteiger partial charge in [0.2, 0.25) is 0 Å². The van der Waals surface area contributed by atoms with Crippen molar-refractivity contribution in [1.29, 1.82) is 0 Å². The number of aromatic carboxylic acids is 1. The Bertz CT molecular complexity index is 606. The molecule has 0 bridgehead atoms. The van der Waals surface area contributed by atoms with Crippen LogP contribution in [0.15, 0.2) is 30.5 Å². The fourth-order valence-corrected chi connectivity index (χ4v) is 2.10. The highest BCUT2D eigenvalue weighted by Gasteiger charge is 2.27. The monoisotopic (exact) mass is 247 g/mol. The number of aromatic nitrogens is 2. The molecule has 1 aliphatic heterocycles. The van der Waals surface area contributed by atoms with Crippen molar-refractivity contribution in [3.05, 3.63) is 47.4 Å². The molecule has 1 aromatic carbocycles. The van der Waals surface area contributed by atoms with Crippen LogP contribution in [0.1, 0.15) is 22.0 Å². The number of nitrogens with zero attached hydrogens (tertiary/aromatic N) is 2. The summed E-state index contributed by atoms with van der Waals surface area (Å²) in [5.41, 5.74) is 1.05. The van der Waals surface area contributed by atoms with Crippen LogP contribution in [0.3, 0.4) is 0 Å². The number of carboxylic acid groups (broad SMARTS) is 1. The second-order valence-corrected chi connectivity index (χ2v) is 4.14. The molecular weight excluding hydrogens is 237 g/mol. The Morgan fingerprint density at radius 1 is 1.44 bits per heavy atom. The van der Waals surface area contributed by atoms with E-state index >= 15 is 0 Å². The number of carboxylic acids is 1. The van der Waals surface area contributed by atoms with Gasteiger partial charge in [0.1, 0.15) is 17.2 Å². The first-order valence-electron chi connectivity index (χ1n) is 5.46. The summed E-state index contributed by atoms with van der Waals surface area (Å²) in [5, 5.41) is 16.1. The molecule has 5 nitrogen and oxygen atoms in total. The molecule has 1 aliphatic rings. The van der Waals surface area contributed by atoms with Gasteiger partial charge in [-0.05, 0) is 17.7 Å². The zero-order valence-corrected chi connectivity index (χ0v) is 9.30. The Balaban J connectivity index is 1.89. The summed E-state index contributed by atoms with van der Waals surface area (Å²) < 4.78 is 14.4. The molecule has 0 amide bonds. The maximum Gasteiger partial charge on any atom is 0.341 e. The summed E-state index contributed by atoms with van der Waals surface area (Å²) in [5.74, 6) is -0.805. The van der Waals surface area contributed by atoms with Crippen molar-refractivity contribution in [3.63, 3.8) is 0 Å². The molecule has 0 aliphatic carbocycles. The summed E-state index contributed by atoms with van der Waals surface area (Å²) in [7, 11) is 0. The lowest BCUT2D eigenvalue weighted by Gasteiger charge is -2.10. The topological polar surface area (TPSA) is 67.1 Å². The number of hydrogen-bond donors (Lipinski definition) is 2. The molecule has 0 saturated heterocycles. The molecule has 2 N–H and O–H groups in total. The largest absolute Gasteiger partial charge is 0.477 e. The molecule has 2 heterocycles. The fourth-order valence-electron chi connectivity index (χ4n) is 2.10. The second-order valence-electron chi connectivity index (χ2n) is 4.14. The lowest BCUT2D eigenvalue weighted by atomic mass is 10.1. The minimum atomic E-state index is -1.01. The maximum atomic E-state index is 12.8. The zero-order chi connectivity index (χ0) is 12.7. The molecule has 92 valence electrons. The molecule has 0 spiro atoms. The smallest absolute Gasteiger partial charge is 0.341 e. The average Bonchev–Trinajstić information content (AvgIpc) is 2.88. The van der Waals surface area contributed by atoms with Gasteiger partial charge in [0.15, 0.2) is 0 Å². The van der Waals surface area contributed by atoms with Gasteiger partial charge in [-0.15, -0.1) is 0 Å². The van der Waals surface area contributed by atoms with Crippen LogP contribution < -0.4 is 5.32 Å². The van der Waals surface area contributed by atoms with Crippen LogP contribution in [0.2, 0.25) is 0 Å². The number of fused-ring (bicyclic) bond motifs is 1. The van der Waals surface area contributed by atoms with Crippen LogP contribution in [0, 0.1) is 5.82 Å². The Labute approximate surface area is 102 Å². The molecule has 2 aromatic rings. The number of nitrogens with one attached hydrogen (secondary N) is 1. The summed E-state index contributed by atoms with van der Waals surface area (Å²) in [4.78, 5) is 11.0. The van der Waals surface area contributed by atoms with E-state index in [1.807, 2.05) is 0 Å². The van der Waals surface area contributed by atoms with Crippen molar-refractivity contribution in [2.75, 3.05) is 5.32 Å². The highest BCUT2D eigenvalue weighted by Crippen LogP contribution is 2.31. The van der Waals surface area contributed by atoms with Crippen LogP contribution in [0.4, 0.5) is 10.2 Å². The molecule has 6 heteroatoms. The van der Waals surface area contributed by atoms with Crippen molar-refractivity contribution in [3.8, 4) is 0 Å². The summed E-state index contributed by atoms with van der Waals surface area (Å²) in [6, 6.07) is 6.05. The Morgan fingerprint density at radius 3 is 2.83 bits per heavy atom. The first-order valence-corrected chi connectivity index (χ1v) is 5.46. The van der Waals surface area contributed by atoms with E-state index < -0.39 is 5.97 Å². The van der Waals surface area contributed by atoms with Gasteiger partial charge >= 0.3 is 5.97 Å². The van der Waals surface area contributed by atoms with Gasteiger partial charge in [-0.25, -0.2) is 13.9 Å².